The topological polar surface area (TPSA) is 63.8 Å². The second-order valence-corrected chi connectivity index (χ2v) is 9.31. The predicted molar refractivity (Wildman–Crippen MR) is 154 cm³/mol. The Labute approximate surface area is 213 Å². The average Bonchev–Trinajstić information content (AvgIpc) is 3.61. The molecule has 0 radical (unpaired) electrons. The van der Waals surface area contributed by atoms with Crippen LogP contribution in [0.2, 0.25) is 0 Å². The highest BCUT2D eigenvalue weighted by atomic mass is 15.1. The molecule has 0 saturated carbocycles. The van der Waals surface area contributed by atoms with E-state index in [1.807, 2.05) is 89.5 Å². The molecule has 6 heteroatoms. The van der Waals surface area contributed by atoms with Crippen molar-refractivity contribution >= 4 is 57.8 Å². The molecule has 5 heterocycles. The van der Waals surface area contributed by atoms with Crippen LogP contribution in [0.3, 0.4) is 0 Å². The SMILES string of the molecule is [2H]c1c(C(=CC)N(C)C)c2cc3cc(C(=CC)N(C)C)c(cc4nc(cc5nc(cc1[nH]2)C=C5)C=C4)[nH]3. The largest absolute Gasteiger partial charge is 0.377 e. The van der Waals surface area contributed by atoms with E-state index in [0.29, 0.717) is 11.6 Å². The number of allylic oxidation sites excluding steroid dienone is 2. The molecule has 0 aliphatic carbocycles. The van der Waals surface area contributed by atoms with Gasteiger partial charge in [0.1, 0.15) is 0 Å². The number of rotatable bonds is 4. The van der Waals surface area contributed by atoms with Crippen molar-refractivity contribution in [2.45, 2.75) is 13.8 Å². The Morgan fingerprint density at radius 2 is 1.17 bits per heavy atom. The molecular formula is C30H32N6. The molecule has 182 valence electrons. The van der Waals surface area contributed by atoms with Crippen LogP contribution in [0, 0.1) is 0 Å². The number of nitrogens with zero attached hydrogens (tertiary/aromatic N) is 4. The lowest BCUT2D eigenvalue weighted by Gasteiger charge is -2.16. The molecule has 0 amide bonds. The minimum Gasteiger partial charge on any atom is -0.377 e. The molecule has 5 rings (SSSR count). The number of H-pyrrole nitrogens is 2. The maximum atomic E-state index is 9.06. The smallest absolute Gasteiger partial charge is 0.0659 e. The van der Waals surface area contributed by atoms with Crippen LogP contribution in [0.4, 0.5) is 0 Å². The quantitative estimate of drug-likeness (QED) is 0.310. The summed E-state index contributed by atoms with van der Waals surface area (Å²) in [5, 5.41) is 0. The van der Waals surface area contributed by atoms with E-state index in [-0.39, 0.29) is 0 Å². The summed E-state index contributed by atoms with van der Waals surface area (Å²) in [4.78, 5) is 20.8. The van der Waals surface area contributed by atoms with Crippen LogP contribution in [-0.2, 0) is 0 Å². The van der Waals surface area contributed by atoms with E-state index in [2.05, 4.69) is 39.1 Å². The Balaban J connectivity index is 1.94. The van der Waals surface area contributed by atoms with Crippen molar-refractivity contribution in [3.05, 3.63) is 82.4 Å². The Kier molecular flexibility index (Phi) is 5.77. The van der Waals surface area contributed by atoms with Gasteiger partial charge in [0.2, 0.25) is 0 Å². The van der Waals surface area contributed by atoms with Gasteiger partial charge in [-0.3, -0.25) is 0 Å². The first-order chi connectivity index (χ1) is 17.8. The number of hydrogen-bond acceptors (Lipinski definition) is 4. The zero-order chi connectivity index (χ0) is 26.3. The lowest BCUT2D eigenvalue weighted by molar-refractivity contribution is 0.592. The molecule has 3 aromatic rings. The van der Waals surface area contributed by atoms with Crippen molar-refractivity contribution in [3.8, 4) is 0 Å². The van der Waals surface area contributed by atoms with Gasteiger partial charge in [0.15, 0.2) is 0 Å². The van der Waals surface area contributed by atoms with Crippen LogP contribution in [0.15, 0.2) is 48.5 Å². The summed E-state index contributed by atoms with van der Waals surface area (Å²) in [6.07, 6.45) is 12.1. The molecule has 0 spiro atoms. The van der Waals surface area contributed by atoms with Crippen molar-refractivity contribution in [2.24, 2.45) is 0 Å². The normalized spacial score (nSPS) is 13.8. The molecule has 0 aromatic carbocycles. The Morgan fingerprint density at radius 1 is 0.667 bits per heavy atom. The third-order valence-corrected chi connectivity index (χ3v) is 6.26. The number of aromatic nitrogens is 4. The van der Waals surface area contributed by atoms with Crippen LogP contribution in [-0.4, -0.2) is 57.9 Å². The number of nitrogens with one attached hydrogen (secondary N) is 2. The fourth-order valence-corrected chi connectivity index (χ4v) is 4.71. The fraction of sp³-hybridized carbons (Fsp3) is 0.200. The molecule has 3 aromatic heterocycles. The van der Waals surface area contributed by atoms with E-state index in [1.165, 1.54) is 0 Å². The summed E-state index contributed by atoms with van der Waals surface area (Å²) < 4.78 is 9.06. The number of hydrogen-bond donors (Lipinski definition) is 2. The second-order valence-electron chi connectivity index (χ2n) is 9.31. The van der Waals surface area contributed by atoms with Gasteiger partial charge in [-0.05, 0) is 74.5 Å². The van der Waals surface area contributed by atoms with Gasteiger partial charge in [-0.1, -0.05) is 12.2 Å². The highest BCUT2D eigenvalue weighted by Gasteiger charge is 2.12. The molecule has 36 heavy (non-hydrogen) atoms. The Bertz CT molecular complexity index is 1660. The van der Waals surface area contributed by atoms with E-state index >= 15 is 0 Å². The van der Waals surface area contributed by atoms with Gasteiger partial charge in [-0.15, -0.1) is 0 Å². The first-order valence-corrected chi connectivity index (χ1v) is 12.1. The van der Waals surface area contributed by atoms with Crippen LogP contribution in [0.1, 0.15) is 49.1 Å². The first-order valence-electron chi connectivity index (χ1n) is 12.6. The molecule has 0 unspecified atom stereocenters. The van der Waals surface area contributed by atoms with E-state index in [1.54, 1.807) is 0 Å². The summed E-state index contributed by atoms with van der Waals surface area (Å²) in [6.45, 7) is 4.05. The van der Waals surface area contributed by atoms with Gasteiger partial charge in [0, 0.05) is 67.3 Å². The summed E-state index contributed by atoms with van der Waals surface area (Å²) >= 11 is 0. The van der Waals surface area contributed by atoms with Crippen LogP contribution < -0.4 is 0 Å². The Morgan fingerprint density at radius 3 is 1.75 bits per heavy atom. The van der Waals surface area contributed by atoms with Gasteiger partial charge in [0.25, 0.3) is 0 Å². The summed E-state index contributed by atoms with van der Waals surface area (Å²) in [6, 6.07) is 10.7. The number of fused-ring (bicyclic) bond motifs is 8. The molecule has 2 aliphatic heterocycles. The van der Waals surface area contributed by atoms with E-state index in [4.69, 9.17) is 11.3 Å². The van der Waals surface area contributed by atoms with Crippen LogP contribution in [0.5, 0.6) is 0 Å². The molecule has 2 aliphatic rings. The monoisotopic (exact) mass is 477 g/mol. The standard InChI is InChI=1S/C30H32N6/c1-7-29(35(3)4)25-15-23-14-21-10-9-19(31-21)13-20-11-12-22(32-20)17-27-26(30(8-2)36(5)6)16-24(34-27)18-28(25)33-23/h7-18,33-34H,1-6H3/i15D. The zero-order valence-electron chi connectivity index (χ0n) is 22.6. The molecular weight excluding hydrogens is 444 g/mol. The van der Waals surface area contributed by atoms with Gasteiger partial charge >= 0.3 is 0 Å². The van der Waals surface area contributed by atoms with Gasteiger partial charge in [-0.2, -0.15) is 0 Å². The maximum absolute atomic E-state index is 9.06. The molecule has 2 N–H and O–H groups in total. The van der Waals surface area contributed by atoms with Crippen molar-refractivity contribution < 1.29 is 1.37 Å². The van der Waals surface area contributed by atoms with Crippen molar-refractivity contribution in [2.75, 3.05) is 28.2 Å². The summed E-state index contributed by atoms with van der Waals surface area (Å²) in [5.41, 5.74) is 10.9. The first kappa shape index (κ1) is 22.2. The highest BCUT2D eigenvalue weighted by Crippen LogP contribution is 2.28. The fourth-order valence-electron chi connectivity index (χ4n) is 4.71. The minimum atomic E-state index is 0.439. The molecule has 0 saturated heterocycles. The maximum Gasteiger partial charge on any atom is 0.0659 e. The molecule has 0 atom stereocenters. The highest BCUT2D eigenvalue weighted by molar-refractivity contribution is 5.88. The van der Waals surface area contributed by atoms with E-state index < -0.39 is 0 Å². The summed E-state index contributed by atoms with van der Waals surface area (Å²) in [5.74, 6) is 0. The van der Waals surface area contributed by atoms with E-state index in [0.717, 1.165) is 61.8 Å². The Hall–Kier alpha value is -4.32. The van der Waals surface area contributed by atoms with Gasteiger partial charge in [-0.25, -0.2) is 9.97 Å². The predicted octanol–water partition coefficient (Wildman–Crippen LogP) is 6.50. The van der Waals surface area contributed by atoms with Crippen molar-refractivity contribution in [3.63, 3.8) is 0 Å². The molecule has 6 nitrogen and oxygen atoms in total. The van der Waals surface area contributed by atoms with Crippen molar-refractivity contribution in [1.29, 1.82) is 0 Å². The third-order valence-electron chi connectivity index (χ3n) is 6.26. The van der Waals surface area contributed by atoms with E-state index in [9.17, 15) is 0 Å². The number of aromatic amines is 2. The second kappa shape index (κ2) is 9.38. The van der Waals surface area contributed by atoms with Crippen LogP contribution >= 0.6 is 0 Å². The van der Waals surface area contributed by atoms with Crippen molar-refractivity contribution in [1.82, 2.24) is 29.7 Å². The summed E-state index contributed by atoms with van der Waals surface area (Å²) in [7, 11) is 8.10. The van der Waals surface area contributed by atoms with Crippen LogP contribution in [0.25, 0.3) is 57.8 Å². The zero-order valence-corrected chi connectivity index (χ0v) is 21.6. The van der Waals surface area contributed by atoms with Gasteiger partial charge < -0.3 is 19.8 Å². The molecule has 8 bridgehead atoms. The third kappa shape index (κ3) is 4.50. The lowest BCUT2D eigenvalue weighted by Crippen LogP contribution is -2.09. The average molecular weight is 478 g/mol. The molecule has 0 fully saturated rings. The minimum absolute atomic E-state index is 0.439. The lowest BCUT2D eigenvalue weighted by atomic mass is 10.1. The van der Waals surface area contributed by atoms with Gasteiger partial charge in [0.05, 0.1) is 29.7 Å².